The maximum absolute atomic E-state index is 10.1. The van der Waals surface area contributed by atoms with Crippen LogP contribution in [0.5, 0.6) is 11.6 Å². The topological polar surface area (TPSA) is 51.2 Å². The number of nitrogens with zero attached hydrogens (tertiary/aromatic N) is 1. The van der Waals surface area contributed by atoms with Crippen molar-refractivity contribution in [1.29, 1.82) is 0 Å². The fourth-order valence-electron chi connectivity index (χ4n) is 1.95. The molecule has 0 fully saturated rings. The fraction of sp³-hybridized carbons (Fsp3) is 0.167. The molecule has 0 aliphatic rings. The van der Waals surface area contributed by atoms with Crippen molar-refractivity contribution >= 4 is 10.9 Å². The maximum atomic E-state index is 10.1. The van der Waals surface area contributed by atoms with Gasteiger partial charge in [0.1, 0.15) is 6.61 Å². The highest BCUT2D eigenvalue weighted by atomic mass is 16.5. The van der Waals surface area contributed by atoms with Crippen LogP contribution in [-0.2, 0) is 11.7 Å². The summed E-state index contributed by atoms with van der Waals surface area (Å²) in [5.41, 5.74) is 1.76. The second kappa shape index (κ2) is 8.00. The Hall–Kier alpha value is -2.59. The molecular formula is C18H18NO3. The first-order valence-electron chi connectivity index (χ1n) is 6.88. The average Bonchev–Trinajstić information content (AvgIpc) is 2.61. The van der Waals surface area contributed by atoms with Crippen LogP contribution in [0, 0.1) is 0 Å². The normalized spacial score (nSPS) is 9.77. The zero-order chi connectivity index (χ0) is 15.8. The molecule has 113 valence electrons. The van der Waals surface area contributed by atoms with E-state index in [0.29, 0.717) is 11.6 Å². The minimum absolute atomic E-state index is 0.110. The Labute approximate surface area is 130 Å². The summed E-state index contributed by atoms with van der Waals surface area (Å²) >= 11 is 0. The van der Waals surface area contributed by atoms with Crippen molar-refractivity contribution in [2.45, 2.75) is 6.61 Å². The van der Waals surface area contributed by atoms with Crippen molar-refractivity contribution in [3.05, 3.63) is 66.2 Å². The van der Waals surface area contributed by atoms with Crippen LogP contribution in [0.3, 0.4) is 0 Å². The van der Waals surface area contributed by atoms with Gasteiger partial charge in [-0.15, -0.1) is 0 Å². The summed E-state index contributed by atoms with van der Waals surface area (Å²) < 4.78 is 10.3. The number of para-hydroxylation sites is 1. The molecule has 4 heteroatoms. The number of ether oxygens (including phenoxy) is 2. The molecule has 0 saturated heterocycles. The van der Waals surface area contributed by atoms with Crippen molar-refractivity contribution < 1.29 is 14.6 Å². The van der Waals surface area contributed by atoms with Crippen LogP contribution in [0.15, 0.2) is 60.7 Å². The summed E-state index contributed by atoms with van der Waals surface area (Å²) in [6.45, 7) is -0.110. The number of methoxy groups -OCH3 is 2. The van der Waals surface area contributed by atoms with E-state index in [4.69, 9.17) is 9.47 Å². The molecule has 3 rings (SSSR count). The number of hydrogen-bond acceptors (Lipinski definition) is 3. The van der Waals surface area contributed by atoms with Gasteiger partial charge in [-0.05, 0) is 17.7 Å². The van der Waals surface area contributed by atoms with Crippen molar-refractivity contribution in [3.63, 3.8) is 0 Å². The summed E-state index contributed by atoms with van der Waals surface area (Å²) in [5, 5.41) is 11.2. The highest BCUT2D eigenvalue weighted by Crippen LogP contribution is 2.28. The summed E-state index contributed by atoms with van der Waals surface area (Å²) in [5.74, 6) is 1.18. The SMILES string of the molecule is COc1cc2ccccc2nc1OC.[O]Cc1ccccc1. The summed E-state index contributed by atoms with van der Waals surface area (Å²) in [6, 6.07) is 19.1. The lowest BCUT2D eigenvalue weighted by Gasteiger charge is -2.07. The van der Waals surface area contributed by atoms with Crippen LogP contribution >= 0.6 is 0 Å². The average molecular weight is 296 g/mol. The van der Waals surface area contributed by atoms with E-state index in [2.05, 4.69) is 4.98 Å². The Kier molecular flexibility index (Phi) is 5.74. The summed E-state index contributed by atoms with van der Waals surface area (Å²) in [4.78, 5) is 4.32. The van der Waals surface area contributed by atoms with Gasteiger partial charge in [-0.2, -0.15) is 0 Å². The molecule has 1 aromatic heterocycles. The van der Waals surface area contributed by atoms with E-state index in [0.717, 1.165) is 16.5 Å². The first-order chi connectivity index (χ1) is 10.8. The molecule has 22 heavy (non-hydrogen) atoms. The predicted molar refractivity (Wildman–Crippen MR) is 85.7 cm³/mol. The van der Waals surface area contributed by atoms with Gasteiger partial charge in [0.05, 0.1) is 19.7 Å². The smallest absolute Gasteiger partial charge is 0.257 e. The van der Waals surface area contributed by atoms with Crippen LogP contribution in [0.25, 0.3) is 10.9 Å². The lowest BCUT2D eigenvalue weighted by molar-refractivity contribution is 0.177. The molecule has 0 spiro atoms. The Bertz CT molecular complexity index is 671. The highest BCUT2D eigenvalue weighted by Gasteiger charge is 2.06. The molecule has 4 nitrogen and oxygen atoms in total. The van der Waals surface area contributed by atoms with Gasteiger partial charge in [-0.25, -0.2) is 10.1 Å². The van der Waals surface area contributed by atoms with Gasteiger partial charge >= 0.3 is 0 Å². The van der Waals surface area contributed by atoms with E-state index in [-0.39, 0.29) is 6.61 Å². The lowest BCUT2D eigenvalue weighted by Crippen LogP contribution is -1.93. The third-order valence-corrected chi connectivity index (χ3v) is 3.08. The van der Waals surface area contributed by atoms with Gasteiger partial charge in [0.15, 0.2) is 5.75 Å². The van der Waals surface area contributed by atoms with Crippen molar-refractivity contribution in [3.8, 4) is 11.6 Å². The zero-order valence-corrected chi connectivity index (χ0v) is 12.7. The van der Waals surface area contributed by atoms with Crippen LogP contribution < -0.4 is 9.47 Å². The number of benzene rings is 2. The molecule has 0 amide bonds. The summed E-state index contributed by atoms with van der Waals surface area (Å²) in [7, 11) is 3.19. The summed E-state index contributed by atoms with van der Waals surface area (Å²) in [6.07, 6.45) is 0. The molecule has 0 atom stereocenters. The third kappa shape index (κ3) is 3.96. The van der Waals surface area contributed by atoms with Crippen molar-refractivity contribution in [2.24, 2.45) is 0 Å². The molecule has 2 aromatic carbocycles. The van der Waals surface area contributed by atoms with E-state index >= 15 is 0 Å². The van der Waals surface area contributed by atoms with Crippen LogP contribution in [0.4, 0.5) is 0 Å². The second-order valence-corrected chi connectivity index (χ2v) is 4.52. The third-order valence-electron chi connectivity index (χ3n) is 3.08. The molecule has 0 aliphatic carbocycles. The molecule has 1 heterocycles. The van der Waals surface area contributed by atoms with E-state index in [1.165, 1.54) is 0 Å². The van der Waals surface area contributed by atoms with Gasteiger partial charge < -0.3 is 9.47 Å². The minimum Gasteiger partial charge on any atom is -0.491 e. The van der Waals surface area contributed by atoms with Gasteiger partial charge in [0.25, 0.3) is 5.88 Å². The van der Waals surface area contributed by atoms with Crippen LogP contribution in [0.2, 0.25) is 0 Å². The number of aromatic nitrogens is 1. The molecule has 3 aromatic rings. The Morgan fingerprint density at radius 2 is 1.59 bits per heavy atom. The predicted octanol–water partition coefficient (Wildman–Crippen LogP) is 3.87. The van der Waals surface area contributed by atoms with E-state index in [1.807, 2.05) is 60.7 Å². The van der Waals surface area contributed by atoms with Crippen LogP contribution in [-0.4, -0.2) is 19.2 Å². The Morgan fingerprint density at radius 1 is 0.909 bits per heavy atom. The highest BCUT2D eigenvalue weighted by molar-refractivity contribution is 5.80. The molecule has 0 aliphatic heterocycles. The fourth-order valence-corrected chi connectivity index (χ4v) is 1.95. The number of fused-ring (bicyclic) bond motifs is 1. The quantitative estimate of drug-likeness (QED) is 0.737. The van der Waals surface area contributed by atoms with Crippen molar-refractivity contribution in [2.75, 3.05) is 14.2 Å². The van der Waals surface area contributed by atoms with Crippen molar-refractivity contribution in [1.82, 2.24) is 4.98 Å². The minimum atomic E-state index is -0.110. The molecule has 0 N–H and O–H groups in total. The van der Waals surface area contributed by atoms with E-state index in [1.54, 1.807) is 14.2 Å². The van der Waals surface area contributed by atoms with Crippen LogP contribution in [0.1, 0.15) is 5.56 Å². The monoisotopic (exact) mass is 296 g/mol. The molecular weight excluding hydrogens is 278 g/mol. The standard InChI is InChI=1S/C11H11NO2.C7H7O/c1-13-10-7-8-5-3-4-6-9(8)12-11(10)14-2;8-6-7-4-2-1-3-5-7/h3-7H,1-2H3;1-5H,6H2. The first kappa shape index (κ1) is 15.8. The van der Waals surface area contributed by atoms with E-state index < -0.39 is 0 Å². The van der Waals surface area contributed by atoms with Gasteiger partial charge in [-0.3, -0.25) is 0 Å². The number of pyridine rings is 1. The second-order valence-electron chi connectivity index (χ2n) is 4.52. The molecule has 0 saturated carbocycles. The van der Waals surface area contributed by atoms with E-state index in [9.17, 15) is 5.11 Å². The number of hydrogen-bond donors (Lipinski definition) is 0. The van der Waals surface area contributed by atoms with Gasteiger partial charge in [0, 0.05) is 5.39 Å². The molecule has 1 radical (unpaired) electrons. The molecule has 0 bridgehead atoms. The molecule has 0 unspecified atom stereocenters. The Morgan fingerprint density at radius 3 is 2.18 bits per heavy atom. The van der Waals surface area contributed by atoms with Gasteiger partial charge in [-0.1, -0.05) is 48.5 Å². The largest absolute Gasteiger partial charge is 0.491 e. The van der Waals surface area contributed by atoms with Gasteiger partial charge in [0.2, 0.25) is 0 Å². The maximum Gasteiger partial charge on any atom is 0.257 e. The first-order valence-corrected chi connectivity index (χ1v) is 6.88. The zero-order valence-electron chi connectivity index (χ0n) is 12.7. The lowest BCUT2D eigenvalue weighted by atomic mass is 10.2. The number of rotatable bonds is 3. The Balaban J connectivity index is 0.000000188.